The molecule has 2 rings (SSSR count). The number of halogens is 2. The van der Waals surface area contributed by atoms with E-state index >= 15 is 0 Å². The monoisotopic (exact) mass is 256 g/mol. The summed E-state index contributed by atoms with van der Waals surface area (Å²) in [6, 6.07) is 6.20. The van der Waals surface area contributed by atoms with Gasteiger partial charge in [-0.25, -0.2) is 9.37 Å². The first-order chi connectivity index (χ1) is 7.70. The minimum absolute atomic E-state index is 0.256. The van der Waals surface area contributed by atoms with Crippen molar-refractivity contribution in [1.29, 1.82) is 0 Å². The molecule has 2 aromatic rings. The molecule has 2 N–H and O–H groups in total. The van der Waals surface area contributed by atoms with E-state index in [1.165, 1.54) is 23.5 Å². The smallest absolute Gasteiger partial charge is 0.143 e. The third-order valence-electron chi connectivity index (χ3n) is 2.11. The number of hydrogen-bond acceptors (Lipinski definition) is 3. The van der Waals surface area contributed by atoms with E-state index in [2.05, 4.69) is 4.98 Å². The summed E-state index contributed by atoms with van der Waals surface area (Å²) in [7, 11) is 0. The van der Waals surface area contributed by atoms with Crippen molar-refractivity contribution in [1.82, 2.24) is 4.98 Å². The summed E-state index contributed by atoms with van der Waals surface area (Å²) < 4.78 is 12.7. The van der Waals surface area contributed by atoms with Gasteiger partial charge in [-0.05, 0) is 37.2 Å². The summed E-state index contributed by atoms with van der Waals surface area (Å²) in [5.41, 5.74) is 6.34. The quantitative estimate of drug-likeness (QED) is 0.917. The van der Waals surface area contributed by atoms with Gasteiger partial charge in [-0.2, -0.15) is 0 Å². The molecule has 1 aromatic carbocycles. The van der Waals surface area contributed by atoms with Crippen LogP contribution in [0.3, 0.4) is 0 Å². The summed E-state index contributed by atoms with van der Waals surface area (Å²) in [5, 5.41) is 1.29. The zero-order valence-corrected chi connectivity index (χ0v) is 9.98. The first-order valence-electron chi connectivity index (χ1n) is 4.82. The number of rotatable bonds is 3. The number of nitrogens with zero attached hydrogens (tertiary/aromatic N) is 1. The van der Waals surface area contributed by atoms with E-state index in [0.29, 0.717) is 11.7 Å². The van der Waals surface area contributed by atoms with Crippen LogP contribution in [0.5, 0.6) is 0 Å². The third kappa shape index (κ3) is 2.40. The van der Waals surface area contributed by atoms with Crippen LogP contribution < -0.4 is 5.73 Å². The highest BCUT2D eigenvalue weighted by atomic mass is 35.5. The predicted octanol–water partition coefficient (Wildman–Crippen LogP) is 3.10. The number of hydrogen-bond donors (Lipinski definition) is 1. The molecule has 84 valence electrons. The fourth-order valence-electron chi connectivity index (χ4n) is 1.33. The molecule has 0 fully saturated rings. The minimum Gasteiger partial charge on any atom is -0.330 e. The average molecular weight is 257 g/mol. The van der Waals surface area contributed by atoms with Gasteiger partial charge in [0.15, 0.2) is 0 Å². The molecule has 0 saturated heterocycles. The van der Waals surface area contributed by atoms with Gasteiger partial charge in [-0.3, -0.25) is 0 Å². The third-order valence-corrected chi connectivity index (χ3v) is 3.70. The van der Waals surface area contributed by atoms with Crippen molar-refractivity contribution >= 4 is 22.9 Å². The van der Waals surface area contributed by atoms with Crippen LogP contribution >= 0.6 is 22.9 Å². The maximum absolute atomic E-state index is 12.7. The second-order valence-electron chi connectivity index (χ2n) is 3.28. The molecule has 5 heteroatoms. The molecule has 2 nitrogen and oxygen atoms in total. The summed E-state index contributed by atoms with van der Waals surface area (Å²) in [6.45, 7) is 0.546. The second-order valence-corrected chi connectivity index (χ2v) is 4.72. The van der Waals surface area contributed by atoms with Gasteiger partial charge in [0.05, 0.1) is 0 Å². The van der Waals surface area contributed by atoms with Gasteiger partial charge in [0.25, 0.3) is 0 Å². The van der Waals surface area contributed by atoms with E-state index in [0.717, 1.165) is 21.9 Å². The molecular formula is C11H10ClFN2S. The van der Waals surface area contributed by atoms with E-state index in [9.17, 15) is 4.39 Å². The fraction of sp³-hybridized carbons (Fsp3) is 0.182. The molecule has 0 unspecified atom stereocenters. The Labute approximate surface area is 102 Å². The van der Waals surface area contributed by atoms with Gasteiger partial charge in [0, 0.05) is 10.4 Å². The average Bonchev–Trinajstić information content (AvgIpc) is 2.62. The molecule has 0 atom stereocenters. The maximum Gasteiger partial charge on any atom is 0.143 e. The van der Waals surface area contributed by atoms with Crippen molar-refractivity contribution < 1.29 is 4.39 Å². The van der Waals surface area contributed by atoms with Crippen molar-refractivity contribution in [2.24, 2.45) is 5.73 Å². The van der Waals surface area contributed by atoms with Gasteiger partial charge >= 0.3 is 0 Å². The minimum atomic E-state index is -0.256. The maximum atomic E-state index is 12.7. The summed E-state index contributed by atoms with van der Waals surface area (Å²) >= 11 is 7.47. The van der Waals surface area contributed by atoms with E-state index in [1.807, 2.05) is 0 Å². The van der Waals surface area contributed by atoms with Crippen LogP contribution in [-0.2, 0) is 6.42 Å². The summed E-state index contributed by atoms with van der Waals surface area (Å²) in [4.78, 5) is 5.21. The van der Waals surface area contributed by atoms with E-state index in [4.69, 9.17) is 17.3 Å². The van der Waals surface area contributed by atoms with E-state index < -0.39 is 0 Å². The Morgan fingerprint density at radius 2 is 2.00 bits per heavy atom. The lowest BCUT2D eigenvalue weighted by Gasteiger charge is -1.94. The number of nitrogens with two attached hydrogens (primary N) is 1. The Morgan fingerprint density at radius 1 is 1.31 bits per heavy atom. The van der Waals surface area contributed by atoms with Gasteiger partial charge in [-0.1, -0.05) is 11.6 Å². The van der Waals surface area contributed by atoms with Gasteiger partial charge in [0.1, 0.15) is 16.0 Å². The van der Waals surface area contributed by atoms with Crippen LogP contribution in [0, 0.1) is 5.82 Å². The molecule has 1 heterocycles. The number of thiazole rings is 1. The van der Waals surface area contributed by atoms with Crippen LogP contribution in [0.2, 0.25) is 5.15 Å². The predicted molar refractivity (Wildman–Crippen MR) is 65.3 cm³/mol. The Balaban J connectivity index is 2.33. The molecule has 1 aromatic heterocycles. The summed E-state index contributed by atoms with van der Waals surface area (Å²) in [6.07, 6.45) is 0.720. The van der Waals surface area contributed by atoms with Gasteiger partial charge in [0.2, 0.25) is 0 Å². The molecule has 0 bridgehead atoms. The molecule has 16 heavy (non-hydrogen) atoms. The van der Waals surface area contributed by atoms with Crippen LogP contribution in [-0.4, -0.2) is 11.5 Å². The normalized spacial score (nSPS) is 10.7. The topological polar surface area (TPSA) is 38.9 Å². The first-order valence-corrected chi connectivity index (χ1v) is 6.01. The molecular weight excluding hydrogens is 247 g/mol. The standard InChI is InChI=1S/C11H10ClFN2S/c12-10-9(5-6-14)16-11(15-10)7-1-3-8(13)4-2-7/h1-4H,5-6,14H2. The van der Waals surface area contributed by atoms with Crippen molar-refractivity contribution in [3.8, 4) is 10.6 Å². The number of benzene rings is 1. The van der Waals surface area contributed by atoms with E-state index in [1.54, 1.807) is 12.1 Å². The highest BCUT2D eigenvalue weighted by Gasteiger charge is 2.10. The van der Waals surface area contributed by atoms with Crippen molar-refractivity contribution in [3.63, 3.8) is 0 Å². The Hall–Kier alpha value is -0.970. The lowest BCUT2D eigenvalue weighted by Crippen LogP contribution is -2.01. The fourth-order valence-corrected chi connectivity index (χ4v) is 2.65. The molecule has 0 saturated carbocycles. The van der Waals surface area contributed by atoms with Crippen LogP contribution in [0.1, 0.15) is 4.88 Å². The zero-order valence-electron chi connectivity index (χ0n) is 8.41. The SMILES string of the molecule is NCCc1sc(-c2ccc(F)cc2)nc1Cl. The van der Waals surface area contributed by atoms with Crippen LogP contribution in [0.25, 0.3) is 10.6 Å². The van der Waals surface area contributed by atoms with Crippen LogP contribution in [0.4, 0.5) is 4.39 Å². The largest absolute Gasteiger partial charge is 0.330 e. The summed E-state index contributed by atoms with van der Waals surface area (Å²) in [5.74, 6) is -0.256. The van der Waals surface area contributed by atoms with Crippen molar-refractivity contribution in [2.75, 3.05) is 6.54 Å². The Bertz CT molecular complexity index is 481. The molecule has 0 aliphatic rings. The second kappa shape index (κ2) is 4.91. The highest BCUT2D eigenvalue weighted by Crippen LogP contribution is 2.30. The number of aromatic nitrogens is 1. The Kier molecular flexibility index (Phi) is 3.53. The molecule has 0 amide bonds. The lowest BCUT2D eigenvalue weighted by atomic mass is 10.2. The first kappa shape index (κ1) is 11.5. The van der Waals surface area contributed by atoms with E-state index in [-0.39, 0.29) is 5.82 Å². The molecule has 0 radical (unpaired) electrons. The lowest BCUT2D eigenvalue weighted by molar-refractivity contribution is 0.628. The van der Waals surface area contributed by atoms with Gasteiger partial charge < -0.3 is 5.73 Å². The molecule has 0 aliphatic carbocycles. The van der Waals surface area contributed by atoms with Crippen molar-refractivity contribution in [3.05, 3.63) is 40.1 Å². The molecule has 0 spiro atoms. The zero-order chi connectivity index (χ0) is 11.5. The van der Waals surface area contributed by atoms with Crippen molar-refractivity contribution in [2.45, 2.75) is 6.42 Å². The Morgan fingerprint density at radius 3 is 2.62 bits per heavy atom. The van der Waals surface area contributed by atoms with Crippen LogP contribution in [0.15, 0.2) is 24.3 Å². The highest BCUT2D eigenvalue weighted by molar-refractivity contribution is 7.15. The molecule has 0 aliphatic heterocycles. The van der Waals surface area contributed by atoms with Gasteiger partial charge in [-0.15, -0.1) is 11.3 Å².